The summed E-state index contributed by atoms with van der Waals surface area (Å²) >= 11 is 0. The predicted octanol–water partition coefficient (Wildman–Crippen LogP) is 4.47. The first-order chi connectivity index (χ1) is 16.2. The molecule has 2 aromatic carbocycles. The van der Waals surface area contributed by atoms with Crippen molar-refractivity contribution in [3.63, 3.8) is 0 Å². The zero-order valence-electron chi connectivity index (χ0n) is 20.4. The van der Waals surface area contributed by atoms with Gasteiger partial charge in [-0.25, -0.2) is 4.79 Å². The van der Waals surface area contributed by atoms with E-state index in [2.05, 4.69) is 5.32 Å². The molecule has 4 rings (SSSR count). The lowest BCUT2D eigenvalue weighted by Crippen LogP contribution is -2.32. The minimum atomic E-state index is -0.423. The first-order valence-electron chi connectivity index (χ1n) is 11.5. The van der Waals surface area contributed by atoms with Gasteiger partial charge in [0, 0.05) is 30.2 Å². The molecule has 0 fully saturated rings. The highest BCUT2D eigenvalue weighted by molar-refractivity contribution is 5.92. The monoisotopic (exact) mass is 465 g/mol. The molecular weight excluding hydrogens is 434 g/mol. The molecule has 2 heterocycles. The van der Waals surface area contributed by atoms with Crippen LogP contribution in [0.4, 0.5) is 0 Å². The number of rotatable bonds is 7. The lowest BCUT2D eigenvalue weighted by atomic mass is 9.91. The van der Waals surface area contributed by atoms with Crippen molar-refractivity contribution in [1.82, 2.24) is 5.32 Å². The van der Waals surface area contributed by atoms with E-state index in [1.165, 1.54) is 0 Å². The third-order valence-electron chi connectivity index (χ3n) is 6.41. The smallest absolute Gasteiger partial charge is 0.339 e. The average molecular weight is 466 g/mol. The molecular formula is C27H31NO6. The molecule has 0 aliphatic carbocycles. The second kappa shape index (κ2) is 9.41. The van der Waals surface area contributed by atoms with Gasteiger partial charge in [-0.1, -0.05) is 12.1 Å². The zero-order chi connectivity index (χ0) is 24.5. The van der Waals surface area contributed by atoms with E-state index in [4.69, 9.17) is 18.6 Å². The molecule has 180 valence electrons. The van der Waals surface area contributed by atoms with Crippen molar-refractivity contribution in [3.05, 3.63) is 63.0 Å². The van der Waals surface area contributed by atoms with Crippen molar-refractivity contribution < 1.29 is 23.4 Å². The molecule has 0 atom stereocenters. The largest absolute Gasteiger partial charge is 0.497 e. The van der Waals surface area contributed by atoms with E-state index >= 15 is 0 Å². The Kier molecular flexibility index (Phi) is 6.55. The average Bonchev–Trinajstić information content (AvgIpc) is 2.81. The van der Waals surface area contributed by atoms with E-state index in [-0.39, 0.29) is 24.3 Å². The number of benzene rings is 2. The van der Waals surface area contributed by atoms with Crippen molar-refractivity contribution in [2.45, 2.75) is 58.6 Å². The Hall–Kier alpha value is -3.48. The molecule has 1 aromatic heterocycles. The number of carbonyl (C=O) groups is 1. The molecule has 0 spiro atoms. The standard InChI is InChI=1S/C27H31NO6/c1-16-19(10-11-23(29)28-15-17-6-8-18(31-4)9-7-17)26(30)33-25-20-12-13-27(2,3)34-21(20)14-22(32-5)24(16)25/h6-9,14H,10-13,15H2,1-5H3,(H,28,29). The van der Waals surface area contributed by atoms with E-state index in [0.29, 0.717) is 29.2 Å². The minimum Gasteiger partial charge on any atom is -0.497 e. The highest BCUT2D eigenvalue weighted by Crippen LogP contribution is 2.43. The molecule has 34 heavy (non-hydrogen) atoms. The number of hydrogen-bond acceptors (Lipinski definition) is 6. The van der Waals surface area contributed by atoms with Crippen molar-refractivity contribution in [1.29, 1.82) is 0 Å². The van der Waals surface area contributed by atoms with Crippen molar-refractivity contribution in [2.24, 2.45) is 0 Å². The number of aryl methyl sites for hydroxylation is 2. The van der Waals surface area contributed by atoms with Crippen LogP contribution in [0, 0.1) is 6.92 Å². The quantitative estimate of drug-likeness (QED) is 0.518. The molecule has 1 N–H and O–H groups in total. The molecule has 0 saturated heterocycles. The van der Waals surface area contributed by atoms with Crippen LogP contribution in [0.15, 0.2) is 39.5 Å². The Morgan fingerprint density at radius 3 is 2.56 bits per heavy atom. The Balaban J connectivity index is 1.55. The van der Waals surface area contributed by atoms with Crippen molar-refractivity contribution in [2.75, 3.05) is 14.2 Å². The van der Waals surface area contributed by atoms with Crippen molar-refractivity contribution >= 4 is 16.9 Å². The highest BCUT2D eigenvalue weighted by Gasteiger charge is 2.31. The van der Waals surface area contributed by atoms with E-state index in [1.54, 1.807) is 14.2 Å². The number of ether oxygens (including phenoxy) is 3. The Bertz CT molecular complexity index is 1270. The Labute approximate surface area is 199 Å². The van der Waals surface area contributed by atoms with Gasteiger partial charge >= 0.3 is 5.63 Å². The van der Waals surface area contributed by atoms with Gasteiger partial charge in [0.15, 0.2) is 0 Å². The SMILES string of the molecule is COc1ccc(CNC(=O)CCc2c(C)c3c(OC)cc4c(c3oc2=O)CCC(C)(C)O4)cc1. The van der Waals surface area contributed by atoms with Crippen LogP contribution in [0.25, 0.3) is 11.0 Å². The summed E-state index contributed by atoms with van der Waals surface area (Å²) in [4.78, 5) is 25.4. The van der Waals surface area contributed by atoms with Crippen molar-refractivity contribution in [3.8, 4) is 17.2 Å². The maximum absolute atomic E-state index is 12.9. The summed E-state index contributed by atoms with van der Waals surface area (Å²) in [5.41, 5.74) is 2.92. The number of nitrogens with one attached hydrogen (secondary N) is 1. The van der Waals surface area contributed by atoms with E-state index < -0.39 is 5.63 Å². The third kappa shape index (κ3) is 4.74. The second-order valence-electron chi connectivity index (χ2n) is 9.24. The summed E-state index contributed by atoms with van der Waals surface area (Å²) in [5, 5.41) is 3.66. The van der Waals surface area contributed by atoms with Crippen LogP contribution >= 0.6 is 0 Å². The fourth-order valence-electron chi connectivity index (χ4n) is 4.40. The predicted molar refractivity (Wildman–Crippen MR) is 130 cm³/mol. The maximum Gasteiger partial charge on any atom is 0.339 e. The number of hydrogen-bond donors (Lipinski definition) is 1. The van der Waals surface area contributed by atoms with E-state index in [9.17, 15) is 9.59 Å². The molecule has 0 saturated carbocycles. The Morgan fingerprint density at radius 2 is 1.88 bits per heavy atom. The van der Waals surface area contributed by atoms with Gasteiger partial charge < -0.3 is 23.9 Å². The van der Waals surface area contributed by atoms with Gasteiger partial charge in [-0.3, -0.25) is 4.79 Å². The molecule has 0 bridgehead atoms. The number of carbonyl (C=O) groups excluding carboxylic acids is 1. The van der Waals surface area contributed by atoms with E-state index in [1.807, 2.05) is 51.1 Å². The summed E-state index contributed by atoms with van der Waals surface area (Å²) in [6, 6.07) is 9.38. The lowest BCUT2D eigenvalue weighted by molar-refractivity contribution is -0.121. The van der Waals surface area contributed by atoms with Crippen LogP contribution in [0.5, 0.6) is 17.2 Å². The molecule has 1 aliphatic rings. The van der Waals surface area contributed by atoms with Gasteiger partial charge in [-0.2, -0.15) is 0 Å². The molecule has 0 unspecified atom stereocenters. The van der Waals surface area contributed by atoms with Crippen LogP contribution in [0.3, 0.4) is 0 Å². The lowest BCUT2D eigenvalue weighted by Gasteiger charge is -2.33. The fraction of sp³-hybridized carbons (Fsp3) is 0.407. The van der Waals surface area contributed by atoms with Gasteiger partial charge in [-0.05, 0) is 63.3 Å². The number of methoxy groups -OCH3 is 2. The molecule has 3 aromatic rings. The van der Waals surface area contributed by atoms with Gasteiger partial charge in [0.25, 0.3) is 0 Å². The summed E-state index contributed by atoms with van der Waals surface area (Å²) in [7, 11) is 3.20. The van der Waals surface area contributed by atoms with Gasteiger partial charge in [0.05, 0.1) is 19.6 Å². The first-order valence-corrected chi connectivity index (χ1v) is 11.5. The van der Waals surface area contributed by atoms with Crippen LogP contribution in [0.2, 0.25) is 0 Å². The molecule has 0 radical (unpaired) electrons. The molecule has 1 amide bonds. The first kappa shape index (κ1) is 23.7. The van der Waals surface area contributed by atoms with Gasteiger partial charge in [-0.15, -0.1) is 0 Å². The van der Waals surface area contributed by atoms with Gasteiger partial charge in [0.1, 0.15) is 28.4 Å². The van der Waals surface area contributed by atoms with E-state index in [0.717, 1.165) is 40.7 Å². The normalized spacial score (nSPS) is 14.3. The summed E-state index contributed by atoms with van der Waals surface area (Å²) in [5.74, 6) is 1.91. The molecule has 7 heteroatoms. The number of amides is 1. The van der Waals surface area contributed by atoms with Gasteiger partial charge in [0.2, 0.25) is 5.91 Å². The fourth-order valence-corrected chi connectivity index (χ4v) is 4.40. The summed E-state index contributed by atoms with van der Waals surface area (Å²) in [6.07, 6.45) is 2.03. The topological polar surface area (TPSA) is 87.0 Å². The highest BCUT2D eigenvalue weighted by atomic mass is 16.5. The van der Waals surface area contributed by atoms with Crippen LogP contribution in [-0.2, 0) is 24.2 Å². The van der Waals surface area contributed by atoms with Crippen LogP contribution in [-0.4, -0.2) is 25.7 Å². The summed E-state index contributed by atoms with van der Waals surface area (Å²) in [6.45, 7) is 6.37. The van der Waals surface area contributed by atoms with Crippen LogP contribution < -0.4 is 25.2 Å². The molecule has 1 aliphatic heterocycles. The second-order valence-corrected chi connectivity index (χ2v) is 9.24. The zero-order valence-corrected chi connectivity index (χ0v) is 20.4. The number of fused-ring (bicyclic) bond motifs is 3. The summed E-state index contributed by atoms with van der Waals surface area (Å²) < 4.78 is 22.7. The van der Waals surface area contributed by atoms with Crippen LogP contribution in [0.1, 0.15) is 48.9 Å². The Morgan fingerprint density at radius 1 is 1.15 bits per heavy atom. The molecule has 7 nitrogen and oxygen atoms in total. The third-order valence-corrected chi connectivity index (χ3v) is 6.41. The maximum atomic E-state index is 12.9. The minimum absolute atomic E-state index is 0.136.